The van der Waals surface area contributed by atoms with E-state index in [9.17, 15) is 4.79 Å². The van der Waals surface area contributed by atoms with Crippen LogP contribution in [0.15, 0.2) is 24.3 Å². The molecule has 1 fully saturated rings. The molecule has 2 amide bonds. The molecular formula is C12H17N3O. The molecule has 0 aliphatic carbocycles. The Morgan fingerprint density at radius 3 is 2.62 bits per heavy atom. The molecule has 3 N–H and O–H groups in total. The number of carbonyl (C=O) groups is 1. The summed E-state index contributed by atoms with van der Waals surface area (Å²) in [7, 11) is 0. The largest absolute Gasteiger partial charge is 0.338 e. The second-order valence-electron chi connectivity index (χ2n) is 4.12. The summed E-state index contributed by atoms with van der Waals surface area (Å²) in [4.78, 5) is 13.4. The number of amides is 2. The van der Waals surface area contributed by atoms with Crippen LogP contribution < -0.4 is 16.0 Å². The first-order valence-corrected chi connectivity index (χ1v) is 5.59. The molecular weight excluding hydrogens is 202 g/mol. The van der Waals surface area contributed by atoms with Gasteiger partial charge in [0.2, 0.25) is 0 Å². The highest BCUT2D eigenvalue weighted by molar-refractivity contribution is 5.92. The van der Waals surface area contributed by atoms with Gasteiger partial charge in [-0.25, -0.2) is 4.79 Å². The number of hydrogen-bond acceptors (Lipinski definition) is 2. The van der Waals surface area contributed by atoms with Crippen molar-refractivity contribution in [1.29, 1.82) is 0 Å². The van der Waals surface area contributed by atoms with E-state index in [0.717, 1.165) is 30.8 Å². The molecule has 1 unspecified atom stereocenters. The van der Waals surface area contributed by atoms with Gasteiger partial charge in [-0.3, -0.25) is 4.90 Å². The van der Waals surface area contributed by atoms with Gasteiger partial charge in [0, 0.05) is 24.8 Å². The van der Waals surface area contributed by atoms with E-state index in [4.69, 9.17) is 5.73 Å². The molecule has 16 heavy (non-hydrogen) atoms. The molecule has 0 saturated carbocycles. The third-order valence-corrected chi connectivity index (χ3v) is 2.81. The first-order valence-electron chi connectivity index (χ1n) is 5.59. The Morgan fingerprint density at radius 2 is 2.06 bits per heavy atom. The molecule has 1 aliphatic rings. The Labute approximate surface area is 95.4 Å². The third kappa shape index (κ3) is 2.17. The average molecular weight is 219 g/mol. The van der Waals surface area contributed by atoms with E-state index in [2.05, 4.69) is 5.32 Å². The molecule has 0 radical (unpaired) electrons. The SMILES string of the molecule is CC(N)c1ccc(N2CCCNC2=O)cc1. The Hall–Kier alpha value is -1.55. The van der Waals surface area contributed by atoms with Crippen molar-refractivity contribution in [1.82, 2.24) is 5.32 Å². The topological polar surface area (TPSA) is 58.4 Å². The van der Waals surface area contributed by atoms with E-state index in [0.29, 0.717) is 0 Å². The van der Waals surface area contributed by atoms with Gasteiger partial charge in [0.25, 0.3) is 0 Å². The van der Waals surface area contributed by atoms with E-state index >= 15 is 0 Å². The number of nitrogens with one attached hydrogen (secondary N) is 1. The summed E-state index contributed by atoms with van der Waals surface area (Å²) in [6.45, 7) is 3.50. The molecule has 4 nitrogen and oxygen atoms in total. The predicted molar refractivity (Wildman–Crippen MR) is 64.4 cm³/mol. The summed E-state index contributed by atoms with van der Waals surface area (Å²) in [6.07, 6.45) is 0.987. The minimum absolute atomic E-state index is 0.0141. The Balaban J connectivity index is 2.17. The lowest BCUT2D eigenvalue weighted by atomic mass is 10.1. The first-order chi connectivity index (χ1) is 7.68. The number of carbonyl (C=O) groups excluding carboxylic acids is 1. The molecule has 1 aliphatic heterocycles. The number of urea groups is 1. The van der Waals surface area contributed by atoms with Crippen LogP contribution in [0.25, 0.3) is 0 Å². The van der Waals surface area contributed by atoms with Crippen molar-refractivity contribution in [2.24, 2.45) is 5.73 Å². The van der Waals surface area contributed by atoms with E-state index in [-0.39, 0.29) is 12.1 Å². The number of nitrogens with zero attached hydrogens (tertiary/aromatic N) is 1. The molecule has 1 saturated heterocycles. The fraction of sp³-hybridized carbons (Fsp3) is 0.417. The summed E-state index contributed by atoms with van der Waals surface area (Å²) < 4.78 is 0. The molecule has 1 aromatic carbocycles. The molecule has 0 spiro atoms. The Morgan fingerprint density at radius 1 is 1.38 bits per heavy atom. The molecule has 1 aromatic rings. The van der Waals surface area contributed by atoms with Gasteiger partial charge in [-0.1, -0.05) is 12.1 Å². The van der Waals surface area contributed by atoms with Crippen molar-refractivity contribution in [3.63, 3.8) is 0 Å². The van der Waals surface area contributed by atoms with Gasteiger partial charge in [-0.05, 0) is 31.0 Å². The van der Waals surface area contributed by atoms with Crippen LogP contribution in [0.3, 0.4) is 0 Å². The molecule has 2 rings (SSSR count). The smallest absolute Gasteiger partial charge is 0.321 e. The summed E-state index contributed by atoms with van der Waals surface area (Å²) in [5.41, 5.74) is 7.79. The van der Waals surface area contributed by atoms with Crippen molar-refractivity contribution in [2.45, 2.75) is 19.4 Å². The average Bonchev–Trinajstić information content (AvgIpc) is 2.30. The highest BCUT2D eigenvalue weighted by Gasteiger charge is 2.18. The van der Waals surface area contributed by atoms with Crippen molar-refractivity contribution in [3.05, 3.63) is 29.8 Å². The van der Waals surface area contributed by atoms with E-state index in [1.807, 2.05) is 31.2 Å². The standard InChI is InChI=1S/C12H17N3O/c1-9(13)10-3-5-11(6-4-10)15-8-2-7-14-12(15)16/h3-6,9H,2,7-8,13H2,1H3,(H,14,16). The molecule has 1 heterocycles. The molecule has 4 heteroatoms. The van der Waals surface area contributed by atoms with E-state index < -0.39 is 0 Å². The maximum Gasteiger partial charge on any atom is 0.321 e. The minimum Gasteiger partial charge on any atom is -0.338 e. The van der Waals surface area contributed by atoms with Crippen LogP contribution in [0.1, 0.15) is 24.9 Å². The van der Waals surface area contributed by atoms with Crippen LogP contribution in [-0.4, -0.2) is 19.1 Å². The highest BCUT2D eigenvalue weighted by Crippen LogP contribution is 2.19. The Kier molecular flexibility index (Phi) is 3.10. The lowest BCUT2D eigenvalue weighted by Gasteiger charge is -2.27. The van der Waals surface area contributed by atoms with Gasteiger partial charge in [0.05, 0.1) is 0 Å². The van der Waals surface area contributed by atoms with Crippen molar-refractivity contribution in [2.75, 3.05) is 18.0 Å². The fourth-order valence-electron chi connectivity index (χ4n) is 1.83. The Bertz CT molecular complexity index is 372. The number of rotatable bonds is 2. The first kappa shape index (κ1) is 11.0. The van der Waals surface area contributed by atoms with Crippen molar-refractivity contribution in [3.8, 4) is 0 Å². The lowest BCUT2D eigenvalue weighted by molar-refractivity contribution is 0.243. The van der Waals surface area contributed by atoms with Crippen LogP contribution in [0.2, 0.25) is 0 Å². The van der Waals surface area contributed by atoms with Crippen LogP contribution in [0.4, 0.5) is 10.5 Å². The fourth-order valence-corrected chi connectivity index (χ4v) is 1.83. The lowest BCUT2D eigenvalue weighted by Crippen LogP contribution is -2.46. The third-order valence-electron chi connectivity index (χ3n) is 2.81. The summed E-state index contributed by atoms with van der Waals surface area (Å²) in [5.74, 6) is 0. The van der Waals surface area contributed by atoms with Gasteiger partial charge < -0.3 is 11.1 Å². The normalized spacial score (nSPS) is 18.1. The number of benzene rings is 1. The second kappa shape index (κ2) is 4.53. The minimum atomic E-state index is -0.0141. The van der Waals surface area contributed by atoms with Gasteiger partial charge in [-0.15, -0.1) is 0 Å². The van der Waals surface area contributed by atoms with Gasteiger partial charge in [0.15, 0.2) is 0 Å². The quantitative estimate of drug-likeness (QED) is 0.794. The zero-order valence-electron chi connectivity index (χ0n) is 9.44. The molecule has 1 atom stereocenters. The highest BCUT2D eigenvalue weighted by atomic mass is 16.2. The zero-order valence-corrected chi connectivity index (χ0v) is 9.44. The maximum absolute atomic E-state index is 11.6. The van der Waals surface area contributed by atoms with Crippen LogP contribution >= 0.6 is 0 Å². The van der Waals surface area contributed by atoms with E-state index in [1.54, 1.807) is 4.90 Å². The number of hydrogen-bond donors (Lipinski definition) is 2. The molecule has 0 aromatic heterocycles. The maximum atomic E-state index is 11.6. The summed E-state index contributed by atoms with van der Waals surface area (Å²) in [5, 5.41) is 2.83. The van der Waals surface area contributed by atoms with Gasteiger partial charge in [0.1, 0.15) is 0 Å². The predicted octanol–water partition coefficient (Wildman–Crippen LogP) is 1.63. The molecule has 0 bridgehead atoms. The van der Waals surface area contributed by atoms with Gasteiger partial charge in [-0.2, -0.15) is 0 Å². The van der Waals surface area contributed by atoms with Gasteiger partial charge >= 0.3 is 6.03 Å². The molecule has 86 valence electrons. The monoisotopic (exact) mass is 219 g/mol. The summed E-state index contributed by atoms with van der Waals surface area (Å²) >= 11 is 0. The van der Waals surface area contributed by atoms with Crippen molar-refractivity contribution >= 4 is 11.7 Å². The number of anilines is 1. The zero-order chi connectivity index (χ0) is 11.5. The second-order valence-corrected chi connectivity index (χ2v) is 4.12. The van der Waals surface area contributed by atoms with Crippen LogP contribution in [0.5, 0.6) is 0 Å². The van der Waals surface area contributed by atoms with Crippen LogP contribution in [0, 0.1) is 0 Å². The van der Waals surface area contributed by atoms with Crippen molar-refractivity contribution < 1.29 is 4.79 Å². The van der Waals surface area contributed by atoms with E-state index in [1.165, 1.54) is 0 Å². The summed E-state index contributed by atoms with van der Waals surface area (Å²) in [6, 6.07) is 7.86. The van der Waals surface area contributed by atoms with Crippen LogP contribution in [-0.2, 0) is 0 Å². The number of nitrogens with two attached hydrogens (primary N) is 1.